The van der Waals surface area contributed by atoms with Crippen molar-refractivity contribution in [2.45, 2.75) is 38.3 Å². The third-order valence-corrected chi connectivity index (χ3v) is 2.27. The molecule has 55 valence electrons. The Bertz CT molecular complexity index is 163. The molecule has 2 unspecified atom stereocenters. The molecule has 0 spiro atoms. The second kappa shape index (κ2) is 2.26. The Kier molecular flexibility index (Phi) is 1.40. The minimum atomic E-state index is 0.564. The van der Waals surface area contributed by atoms with E-state index in [-0.39, 0.29) is 0 Å². The van der Waals surface area contributed by atoms with E-state index in [9.17, 15) is 0 Å². The van der Waals surface area contributed by atoms with E-state index in [0.29, 0.717) is 12.1 Å². The van der Waals surface area contributed by atoms with Crippen LogP contribution in [0.2, 0.25) is 0 Å². The van der Waals surface area contributed by atoms with Crippen LogP contribution in [0.4, 0.5) is 0 Å². The number of amidine groups is 1. The Morgan fingerprint density at radius 2 is 2.60 bits per heavy atom. The highest BCUT2D eigenvalue weighted by molar-refractivity contribution is 5.82. The molecule has 1 aliphatic carbocycles. The van der Waals surface area contributed by atoms with Crippen LogP contribution in [0.25, 0.3) is 0 Å². The molecular formula is C8H13N2. The van der Waals surface area contributed by atoms with Crippen LogP contribution in [0, 0.1) is 6.42 Å². The largest absolute Gasteiger partial charge is 0.369 e. The molecule has 2 aliphatic rings. The molecule has 2 heteroatoms. The van der Waals surface area contributed by atoms with Gasteiger partial charge in [-0.2, -0.15) is 0 Å². The lowest BCUT2D eigenvalue weighted by atomic mass is 9.92. The lowest BCUT2D eigenvalue weighted by Crippen LogP contribution is -2.36. The summed E-state index contributed by atoms with van der Waals surface area (Å²) in [5.74, 6) is 1.12. The first-order valence-electron chi connectivity index (χ1n) is 4.00. The highest BCUT2D eigenvalue weighted by atomic mass is 15.1. The molecule has 1 saturated carbocycles. The summed E-state index contributed by atoms with van der Waals surface area (Å²) in [7, 11) is 0. The van der Waals surface area contributed by atoms with Gasteiger partial charge in [0, 0.05) is 0 Å². The van der Waals surface area contributed by atoms with Gasteiger partial charge in [0.15, 0.2) is 0 Å². The first-order chi connectivity index (χ1) is 4.86. The van der Waals surface area contributed by atoms with Crippen molar-refractivity contribution in [2.75, 3.05) is 0 Å². The fraction of sp³-hybridized carbons (Fsp3) is 0.750. The van der Waals surface area contributed by atoms with E-state index >= 15 is 0 Å². The topological polar surface area (TPSA) is 24.4 Å². The predicted octanol–water partition coefficient (Wildman–Crippen LogP) is 1.13. The van der Waals surface area contributed by atoms with E-state index in [1.54, 1.807) is 0 Å². The summed E-state index contributed by atoms with van der Waals surface area (Å²) in [6.45, 7) is 2.05. The molecule has 2 nitrogen and oxygen atoms in total. The third kappa shape index (κ3) is 0.917. The molecule has 0 aromatic heterocycles. The third-order valence-electron chi connectivity index (χ3n) is 2.27. The van der Waals surface area contributed by atoms with E-state index in [0.717, 1.165) is 5.84 Å². The lowest BCUT2D eigenvalue weighted by molar-refractivity contribution is 0.459. The number of hydrogen-bond acceptors (Lipinski definition) is 2. The normalized spacial score (nSPS) is 38.3. The number of rotatable bonds is 0. The molecule has 2 rings (SSSR count). The number of nitrogens with zero attached hydrogens (tertiary/aromatic N) is 1. The van der Waals surface area contributed by atoms with Crippen LogP contribution in [0.3, 0.4) is 0 Å². The van der Waals surface area contributed by atoms with E-state index < -0.39 is 0 Å². The van der Waals surface area contributed by atoms with Gasteiger partial charge in [-0.1, -0.05) is 6.42 Å². The van der Waals surface area contributed by atoms with Gasteiger partial charge in [-0.25, -0.2) is 0 Å². The Balaban J connectivity index is 2.06. The zero-order valence-electron chi connectivity index (χ0n) is 6.30. The van der Waals surface area contributed by atoms with Crippen molar-refractivity contribution in [2.24, 2.45) is 4.99 Å². The molecule has 1 heterocycles. The highest BCUT2D eigenvalue weighted by Gasteiger charge is 2.28. The van der Waals surface area contributed by atoms with Crippen LogP contribution in [-0.2, 0) is 0 Å². The van der Waals surface area contributed by atoms with Gasteiger partial charge in [-0.15, -0.1) is 0 Å². The van der Waals surface area contributed by atoms with Crippen LogP contribution < -0.4 is 5.32 Å². The quantitative estimate of drug-likeness (QED) is 0.532. The second-order valence-electron chi connectivity index (χ2n) is 3.12. The predicted molar refractivity (Wildman–Crippen MR) is 42.0 cm³/mol. The maximum atomic E-state index is 4.48. The smallest absolute Gasteiger partial charge is 0.0939 e. The minimum Gasteiger partial charge on any atom is -0.369 e. The Labute approximate surface area is 61.7 Å². The minimum absolute atomic E-state index is 0.564. The number of hydrogen-bond donors (Lipinski definition) is 1. The van der Waals surface area contributed by atoms with Crippen LogP contribution in [0.5, 0.6) is 0 Å². The van der Waals surface area contributed by atoms with Crippen molar-refractivity contribution in [3.63, 3.8) is 0 Å². The summed E-state index contributed by atoms with van der Waals surface area (Å²) >= 11 is 0. The summed E-state index contributed by atoms with van der Waals surface area (Å²) in [6, 6.07) is 1.13. The van der Waals surface area contributed by atoms with E-state index in [4.69, 9.17) is 0 Å². The summed E-state index contributed by atoms with van der Waals surface area (Å²) in [4.78, 5) is 4.48. The highest BCUT2D eigenvalue weighted by Crippen LogP contribution is 2.23. The average molecular weight is 137 g/mol. The van der Waals surface area contributed by atoms with Crippen molar-refractivity contribution < 1.29 is 0 Å². The van der Waals surface area contributed by atoms with E-state index in [1.807, 2.05) is 6.92 Å². The second-order valence-corrected chi connectivity index (χ2v) is 3.12. The lowest BCUT2D eigenvalue weighted by Gasteiger charge is -2.22. The summed E-state index contributed by atoms with van der Waals surface area (Å²) in [6.07, 6.45) is 6.20. The zero-order valence-corrected chi connectivity index (χ0v) is 6.30. The monoisotopic (exact) mass is 137 g/mol. The van der Waals surface area contributed by atoms with Gasteiger partial charge in [-0.3, -0.25) is 4.99 Å². The SMILES string of the molecule is CC1=NC2CCC[CH]C2N1. The average Bonchev–Trinajstić information content (AvgIpc) is 2.27. The molecule has 1 aliphatic heterocycles. The van der Waals surface area contributed by atoms with E-state index in [1.165, 1.54) is 19.3 Å². The number of nitrogens with one attached hydrogen (secondary N) is 1. The molecule has 1 radical (unpaired) electrons. The zero-order chi connectivity index (χ0) is 6.97. The molecule has 0 aromatic rings. The van der Waals surface area contributed by atoms with Gasteiger partial charge in [0.25, 0.3) is 0 Å². The molecular weight excluding hydrogens is 124 g/mol. The van der Waals surface area contributed by atoms with Crippen LogP contribution in [0.1, 0.15) is 26.2 Å². The molecule has 1 fully saturated rings. The Hall–Kier alpha value is -0.530. The molecule has 10 heavy (non-hydrogen) atoms. The van der Waals surface area contributed by atoms with Crippen LogP contribution in [0.15, 0.2) is 4.99 Å². The standard InChI is InChI=1S/C8H13N2/c1-6-9-7-4-2-3-5-8(7)10-6/h4,7-8H,2-3,5H2,1H3,(H,9,10). The molecule has 0 aromatic carbocycles. The Morgan fingerprint density at radius 3 is 3.40 bits per heavy atom. The van der Waals surface area contributed by atoms with Crippen LogP contribution in [-0.4, -0.2) is 17.9 Å². The maximum absolute atomic E-state index is 4.48. The van der Waals surface area contributed by atoms with Crippen molar-refractivity contribution in [3.05, 3.63) is 6.42 Å². The molecule has 2 atom stereocenters. The first-order valence-corrected chi connectivity index (χ1v) is 4.00. The van der Waals surface area contributed by atoms with E-state index in [2.05, 4.69) is 16.7 Å². The van der Waals surface area contributed by atoms with Gasteiger partial charge in [0.1, 0.15) is 0 Å². The van der Waals surface area contributed by atoms with Gasteiger partial charge in [0.2, 0.25) is 0 Å². The molecule has 0 saturated heterocycles. The van der Waals surface area contributed by atoms with Crippen molar-refractivity contribution in [1.29, 1.82) is 0 Å². The van der Waals surface area contributed by atoms with Gasteiger partial charge < -0.3 is 5.32 Å². The van der Waals surface area contributed by atoms with Crippen molar-refractivity contribution >= 4 is 5.84 Å². The summed E-state index contributed by atoms with van der Waals surface area (Å²) in [5.41, 5.74) is 0. The van der Waals surface area contributed by atoms with Gasteiger partial charge in [-0.05, 0) is 26.2 Å². The van der Waals surface area contributed by atoms with Gasteiger partial charge >= 0.3 is 0 Å². The molecule has 1 N–H and O–H groups in total. The fourth-order valence-electron chi connectivity index (χ4n) is 1.79. The summed E-state index contributed by atoms with van der Waals surface area (Å²) in [5, 5.41) is 3.35. The number of fused-ring (bicyclic) bond motifs is 1. The fourth-order valence-corrected chi connectivity index (χ4v) is 1.79. The molecule has 0 bridgehead atoms. The molecule has 0 amide bonds. The van der Waals surface area contributed by atoms with Crippen molar-refractivity contribution in [3.8, 4) is 0 Å². The maximum Gasteiger partial charge on any atom is 0.0939 e. The number of aliphatic imine (C=N–C) groups is 1. The van der Waals surface area contributed by atoms with Gasteiger partial charge in [0.05, 0.1) is 17.9 Å². The van der Waals surface area contributed by atoms with Crippen LogP contribution >= 0.6 is 0 Å². The Morgan fingerprint density at radius 1 is 1.70 bits per heavy atom. The van der Waals surface area contributed by atoms with Crippen molar-refractivity contribution in [1.82, 2.24) is 5.32 Å². The summed E-state index contributed by atoms with van der Waals surface area (Å²) < 4.78 is 0. The first kappa shape index (κ1) is 6.20.